The Kier molecular flexibility index (Phi) is 8.71. The van der Waals surface area contributed by atoms with E-state index in [1.54, 1.807) is 0 Å². The molecular formula is C48H44N4O. The van der Waals surface area contributed by atoms with Crippen LogP contribution in [0.4, 0.5) is 34.1 Å². The van der Waals surface area contributed by atoms with Crippen molar-refractivity contribution in [1.29, 1.82) is 0 Å². The first-order chi connectivity index (χ1) is 25.7. The summed E-state index contributed by atoms with van der Waals surface area (Å²) in [5.74, 6) is 0.0318. The summed E-state index contributed by atoms with van der Waals surface area (Å²) < 4.78 is 0. The molecule has 0 atom stereocenters. The second kappa shape index (κ2) is 13.7. The van der Waals surface area contributed by atoms with Gasteiger partial charge in [-0.05, 0) is 112 Å². The molecule has 0 saturated heterocycles. The third-order valence-electron chi connectivity index (χ3n) is 10.4. The van der Waals surface area contributed by atoms with Crippen LogP contribution >= 0.6 is 0 Å². The lowest BCUT2D eigenvalue weighted by atomic mass is 10.0. The van der Waals surface area contributed by atoms with Crippen LogP contribution in [0.1, 0.15) is 33.4 Å². The molecule has 0 saturated carbocycles. The summed E-state index contributed by atoms with van der Waals surface area (Å²) >= 11 is 0. The van der Waals surface area contributed by atoms with Gasteiger partial charge in [0, 0.05) is 60.3 Å². The molecule has 2 aliphatic rings. The third kappa shape index (κ3) is 6.29. The summed E-state index contributed by atoms with van der Waals surface area (Å²) in [6, 6.07) is 51.8. The smallest absolute Gasteiger partial charge is 0.260 e. The van der Waals surface area contributed by atoms with Crippen LogP contribution in [0.3, 0.4) is 0 Å². The van der Waals surface area contributed by atoms with Gasteiger partial charge in [-0.15, -0.1) is 0 Å². The van der Waals surface area contributed by atoms with Gasteiger partial charge < -0.3 is 19.6 Å². The van der Waals surface area contributed by atoms with Gasteiger partial charge in [0.15, 0.2) is 0 Å². The molecular weight excluding hydrogens is 649 g/mol. The molecule has 0 aromatic heterocycles. The first kappa shape index (κ1) is 33.8. The van der Waals surface area contributed by atoms with Crippen molar-refractivity contribution in [2.24, 2.45) is 0 Å². The average Bonchev–Trinajstić information content (AvgIpc) is 3.62. The number of carbonyl (C=O) groups is 1. The van der Waals surface area contributed by atoms with E-state index in [-0.39, 0.29) is 5.91 Å². The van der Waals surface area contributed by atoms with E-state index in [9.17, 15) is 4.79 Å². The molecule has 0 unspecified atom stereocenters. The maximum Gasteiger partial charge on any atom is 0.260 e. The number of nitrogens with zero attached hydrogens (tertiary/aromatic N) is 4. The maximum atomic E-state index is 14.1. The summed E-state index contributed by atoms with van der Waals surface area (Å²) in [7, 11) is 3.98. The van der Waals surface area contributed by atoms with Crippen LogP contribution in [-0.2, 0) is 4.79 Å². The summed E-state index contributed by atoms with van der Waals surface area (Å²) in [6.07, 6.45) is 0. The van der Waals surface area contributed by atoms with E-state index in [2.05, 4.69) is 195 Å². The highest BCUT2D eigenvalue weighted by atomic mass is 16.2. The van der Waals surface area contributed by atoms with E-state index in [1.165, 1.54) is 22.3 Å². The van der Waals surface area contributed by atoms with Crippen LogP contribution in [0.5, 0.6) is 0 Å². The predicted molar refractivity (Wildman–Crippen MR) is 220 cm³/mol. The minimum absolute atomic E-state index is 0.0318. The van der Waals surface area contributed by atoms with Crippen LogP contribution in [0.15, 0.2) is 157 Å². The summed E-state index contributed by atoms with van der Waals surface area (Å²) in [5.41, 5.74) is 17.3. The van der Waals surface area contributed by atoms with Crippen molar-refractivity contribution in [2.45, 2.75) is 27.7 Å². The van der Waals surface area contributed by atoms with Crippen LogP contribution in [0.25, 0.3) is 11.4 Å². The van der Waals surface area contributed by atoms with E-state index >= 15 is 0 Å². The maximum absolute atomic E-state index is 14.1. The van der Waals surface area contributed by atoms with Gasteiger partial charge >= 0.3 is 0 Å². The van der Waals surface area contributed by atoms with E-state index < -0.39 is 0 Å². The number of rotatable bonds is 8. The van der Waals surface area contributed by atoms with E-state index in [0.29, 0.717) is 6.54 Å². The van der Waals surface area contributed by atoms with Gasteiger partial charge in [-0.3, -0.25) is 4.79 Å². The molecule has 0 N–H and O–H groups in total. The van der Waals surface area contributed by atoms with Crippen LogP contribution in [0.2, 0.25) is 0 Å². The van der Waals surface area contributed by atoms with Crippen molar-refractivity contribution in [1.82, 2.24) is 9.80 Å². The van der Waals surface area contributed by atoms with Gasteiger partial charge in [0.25, 0.3) is 5.91 Å². The molecule has 0 aliphatic carbocycles. The minimum atomic E-state index is 0.0318. The average molecular weight is 693 g/mol. The van der Waals surface area contributed by atoms with Gasteiger partial charge in [0.05, 0.1) is 17.0 Å². The quantitative estimate of drug-likeness (QED) is 0.159. The standard InChI is InChI=1S/C48H44N4O/c1-32-7-19-38(20-8-32)51(39-21-9-33(2)10-22-39)42-27-15-36(16-28-42)46-44-31-49(5)47(45(44)48(53)50(46)6)37-17-29-43(30-18-37)52(40-23-11-34(3)12-24-40)41-25-13-35(4)14-26-41/h7-30H,31H2,1-6H3. The number of fused-ring (bicyclic) bond motifs is 1. The van der Waals surface area contributed by atoms with Crippen molar-refractivity contribution in [2.75, 3.05) is 30.4 Å². The molecule has 0 radical (unpaired) electrons. The van der Waals surface area contributed by atoms with Gasteiger partial charge in [-0.2, -0.15) is 0 Å². The Morgan fingerprint density at radius 2 is 0.698 bits per heavy atom. The molecule has 6 aromatic rings. The van der Waals surface area contributed by atoms with Crippen LogP contribution in [-0.4, -0.2) is 36.3 Å². The lowest BCUT2D eigenvalue weighted by Gasteiger charge is -2.27. The molecule has 0 fully saturated rings. The summed E-state index contributed by atoms with van der Waals surface area (Å²) in [4.78, 5) is 22.7. The molecule has 53 heavy (non-hydrogen) atoms. The topological polar surface area (TPSA) is 30.0 Å². The third-order valence-corrected chi connectivity index (χ3v) is 10.4. The largest absolute Gasteiger partial charge is 0.369 e. The number of aryl methyl sites for hydroxylation is 4. The number of benzene rings is 6. The second-order valence-electron chi connectivity index (χ2n) is 14.4. The van der Waals surface area contributed by atoms with Gasteiger partial charge in [0.1, 0.15) is 0 Å². The Morgan fingerprint density at radius 3 is 1.02 bits per heavy atom. The van der Waals surface area contributed by atoms with Crippen molar-refractivity contribution < 1.29 is 4.79 Å². The van der Waals surface area contributed by atoms with Crippen molar-refractivity contribution in [3.63, 3.8) is 0 Å². The Labute approximate surface area is 313 Å². The second-order valence-corrected chi connectivity index (χ2v) is 14.4. The minimum Gasteiger partial charge on any atom is -0.369 e. The molecule has 0 bridgehead atoms. The van der Waals surface area contributed by atoms with Crippen molar-refractivity contribution in [3.05, 3.63) is 190 Å². The van der Waals surface area contributed by atoms with Crippen LogP contribution < -0.4 is 9.80 Å². The highest BCUT2D eigenvalue weighted by Crippen LogP contribution is 2.46. The normalized spacial score (nSPS) is 14.0. The van der Waals surface area contributed by atoms with E-state index in [1.807, 2.05) is 11.9 Å². The number of likely N-dealkylation sites (N-methyl/N-ethyl adjacent to an activating group) is 2. The van der Waals surface area contributed by atoms with Gasteiger partial charge in [-0.25, -0.2) is 0 Å². The van der Waals surface area contributed by atoms with Crippen molar-refractivity contribution >= 4 is 51.4 Å². The van der Waals surface area contributed by atoms with Crippen LogP contribution in [0, 0.1) is 27.7 Å². The highest BCUT2D eigenvalue weighted by molar-refractivity contribution is 6.16. The van der Waals surface area contributed by atoms with E-state index in [0.717, 1.165) is 67.8 Å². The number of carbonyl (C=O) groups excluding carboxylic acids is 1. The summed E-state index contributed by atoms with van der Waals surface area (Å²) in [6.45, 7) is 9.11. The number of amides is 1. The molecule has 0 spiro atoms. The Balaban J connectivity index is 1.15. The van der Waals surface area contributed by atoms with Gasteiger partial charge in [-0.1, -0.05) is 95.1 Å². The number of anilines is 6. The zero-order chi connectivity index (χ0) is 36.8. The van der Waals surface area contributed by atoms with Gasteiger partial charge in [0.2, 0.25) is 0 Å². The fourth-order valence-corrected chi connectivity index (χ4v) is 7.56. The molecule has 2 aliphatic heterocycles. The number of hydrogen-bond acceptors (Lipinski definition) is 4. The zero-order valence-electron chi connectivity index (χ0n) is 31.3. The first-order valence-corrected chi connectivity index (χ1v) is 18.2. The SMILES string of the molecule is Cc1ccc(N(c2ccc(C)cc2)c2ccc(C3=C4C(=O)N(C)C(c5ccc(N(c6ccc(C)cc6)c6ccc(C)cc6)cc5)=C4CN3C)cc2)cc1. The molecule has 5 heteroatoms. The predicted octanol–water partition coefficient (Wildman–Crippen LogP) is 11.4. The lowest BCUT2D eigenvalue weighted by molar-refractivity contribution is -0.122. The van der Waals surface area contributed by atoms with E-state index in [4.69, 9.17) is 0 Å². The molecule has 6 aromatic carbocycles. The molecule has 8 rings (SSSR count). The zero-order valence-corrected chi connectivity index (χ0v) is 31.3. The number of hydrogen-bond donors (Lipinski definition) is 0. The fourth-order valence-electron chi connectivity index (χ4n) is 7.56. The molecule has 262 valence electrons. The monoisotopic (exact) mass is 692 g/mol. The Hall–Kier alpha value is -6.33. The first-order valence-electron chi connectivity index (χ1n) is 18.2. The lowest BCUT2D eigenvalue weighted by Crippen LogP contribution is -2.23. The summed E-state index contributed by atoms with van der Waals surface area (Å²) in [5, 5.41) is 0. The highest BCUT2D eigenvalue weighted by Gasteiger charge is 2.41. The molecule has 1 amide bonds. The molecule has 5 nitrogen and oxygen atoms in total. The Morgan fingerprint density at radius 1 is 0.415 bits per heavy atom. The fraction of sp³-hybridized carbons (Fsp3) is 0.146. The molecule has 2 heterocycles. The van der Waals surface area contributed by atoms with Crippen molar-refractivity contribution in [3.8, 4) is 0 Å². The Bertz CT molecular complexity index is 2260.